The third-order valence-electron chi connectivity index (χ3n) is 4.53. The molecule has 1 saturated heterocycles. The maximum Gasteiger partial charge on any atom is 0.0309 e. The molecule has 2 fully saturated rings. The quantitative estimate of drug-likeness (QED) is 0.742. The summed E-state index contributed by atoms with van der Waals surface area (Å²) in [7, 11) is 0. The summed E-state index contributed by atoms with van der Waals surface area (Å²) in [5, 5.41) is 3.84. The van der Waals surface area contributed by atoms with Crippen LogP contribution in [-0.4, -0.2) is 35.6 Å². The van der Waals surface area contributed by atoms with Crippen LogP contribution in [0.2, 0.25) is 0 Å². The van der Waals surface area contributed by atoms with Gasteiger partial charge in [0.2, 0.25) is 0 Å². The number of rotatable bonds is 2. The van der Waals surface area contributed by atoms with Crippen LogP contribution in [0.5, 0.6) is 0 Å². The van der Waals surface area contributed by atoms with Crippen molar-refractivity contribution in [3.63, 3.8) is 0 Å². The minimum absolute atomic E-state index is 0.291. The first-order chi connectivity index (χ1) is 7.94. The average molecular weight is 236 g/mol. The van der Waals surface area contributed by atoms with E-state index in [1.165, 1.54) is 37.8 Å². The van der Waals surface area contributed by atoms with E-state index < -0.39 is 0 Å². The molecule has 98 valence electrons. The van der Waals surface area contributed by atoms with Gasteiger partial charge in [0.05, 0.1) is 0 Å². The van der Waals surface area contributed by atoms with Gasteiger partial charge in [-0.05, 0) is 40.5 Å². The molecule has 2 heteroatoms. The molecule has 0 atom stereocenters. The molecule has 0 aromatic heterocycles. The first kappa shape index (κ1) is 13.1. The Morgan fingerprint density at radius 2 is 1.88 bits per heavy atom. The third kappa shape index (κ3) is 2.92. The molecule has 0 aromatic rings. The lowest BCUT2D eigenvalue weighted by Gasteiger charge is -2.50. The standard InChI is InChI=1S/C15H28N2/c1-13(2)7-10-17-12-15(8-5-6-9-15)16-11-14(17,3)4/h7,16H,5-6,8-12H2,1-4H3. The molecular weight excluding hydrogens is 208 g/mol. The van der Waals surface area contributed by atoms with E-state index in [1.54, 1.807) is 0 Å². The smallest absolute Gasteiger partial charge is 0.0309 e. The van der Waals surface area contributed by atoms with Crippen LogP contribution in [-0.2, 0) is 0 Å². The van der Waals surface area contributed by atoms with E-state index >= 15 is 0 Å². The Morgan fingerprint density at radius 1 is 1.24 bits per heavy atom. The van der Waals surface area contributed by atoms with Gasteiger partial charge in [-0.25, -0.2) is 0 Å². The van der Waals surface area contributed by atoms with E-state index in [2.05, 4.69) is 44.0 Å². The van der Waals surface area contributed by atoms with Crippen molar-refractivity contribution in [1.29, 1.82) is 0 Å². The Labute approximate surface area is 106 Å². The molecule has 1 spiro atoms. The number of hydrogen-bond acceptors (Lipinski definition) is 2. The molecule has 0 bridgehead atoms. The van der Waals surface area contributed by atoms with Crippen LogP contribution in [0.15, 0.2) is 11.6 Å². The Bertz CT molecular complexity index is 294. The zero-order valence-electron chi connectivity index (χ0n) is 12.0. The van der Waals surface area contributed by atoms with E-state index in [4.69, 9.17) is 0 Å². The van der Waals surface area contributed by atoms with Crippen LogP contribution < -0.4 is 5.32 Å². The van der Waals surface area contributed by atoms with Gasteiger partial charge in [-0.15, -0.1) is 0 Å². The fourth-order valence-corrected chi connectivity index (χ4v) is 3.14. The van der Waals surface area contributed by atoms with Crippen molar-refractivity contribution in [3.05, 3.63) is 11.6 Å². The highest BCUT2D eigenvalue weighted by atomic mass is 15.3. The van der Waals surface area contributed by atoms with Gasteiger partial charge in [-0.3, -0.25) is 4.90 Å². The minimum atomic E-state index is 0.291. The largest absolute Gasteiger partial charge is 0.308 e. The molecule has 2 aliphatic rings. The van der Waals surface area contributed by atoms with Gasteiger partial charge in [-0.2, -0.15) is 0 Å². The van der Waals surface area contributed by atoms with Crippen molar-refractivity contribution in [2.24, 2.45) is 0 Å². The van der Waals surface area contributed by atoms with Crippen LogP contribution in [0.25, 0.3) is 0 Å². The lowest BCUT2D eigenvalue weighted by Crippen LogP contribution is -2.67. The molecule has 1 aliphatic heterocycles. The van der Waals surface area contributed by atoms with Crippen LogP contribution >= 0.6 is 0 Å². The van der Waals surface area contributed by atoms with Gasteiger partial charge < -0.3 is 5.32 Å². The molecule has 0 radical (unpaired) electrons. The average Bonchev–Trinajstić information content (AvgIpc) is 2.69. The number of hydrogen-bond donors (Lipinski definition) is 1. The molecule has 1 N–H and O–H groups in total. The second-order valence-corrected chi connectivity index (χ2v) is 6.82. The fourth-order valence-electron chi connectivity index (χ4n) is 3.14. The van der Waals surface area contributed by atoms with E-state index in [-0.39, 0.29) is 0 Å². The summed E-state index contributed by atoms with van der Waals surface area (Å²) in [4.78, 5) is 2.67. The molecule has 2 nitrogen and oxygen atoms in total. The summed E-state index contributed by atoms with van der Waals surface area (Å²) < 4.78 is 0. The highest BCUT2D eigenvalue weighted by Crippen LogP contribution is 2.35. The maximum atomic E-state index is 3.84. The van der Waals surface area contributed by atoms with Gasteiger partial charge in [-0.1, -0.05) is 24.5 Å². The predicted molar refractivity (Wildman–Crippen MR) is 74.3 cm³/mol. The van der Waals surface area contributed by atoms with Crippen molar-refractivity contribution in [2.45, 2.75) is 64.5 Å². The second-order valence-electron chi connectivity index (χ2n) is 6.82. The van der Waals surface area contributed by atoms with Crippen LogP contribution in [0.1, 0.15) is 53.4 Å². The number of nitrogens with one attached hydrogen (secondary N) is 1. The number of piperazine rings is 1. The van der Waals surface area contributed by atoms with Crippen molar-refractivity contribution >= 4 is 0 Å². The highest BCUT2D eigenvalue weighted by molar-refractivity contribution is 5.06. The van der Waals surface area contributed by atoms with Gasteiger partial charge in [0.1, 0.15) is 0 Å². The first-order valence-corrected chi connectivity index (χ1v) is 7.07. The normalized spacial score (nSPS) is 27.3. The van der Waals surface area contributed by atoms with Gasteiger partial charge in [0.25, 0.3) is 0 Å². The summed E-state index contributed by atoms with van der Waals surface area (Å²) in [5.41, 5.74) is 2.16. The molecule has 0 unspecified atom stereocenters. The summed E-state index contributed by atoms with van der Waals surface area (Å²) in [6.45, 7) is 12.6. The van der Waals surface area contributed by atoms with Gasteiger partial charge in [0.15, 0.2) is 0 Å². The van der Waals surface area contributed by atoms with Crippen molar-refractivity contribution in [3.8, 4) is 0 Å². The molecular formula is C15H28N2. The van der Waals surface area contributed by atoms with Crippen LogP contribution in [0, 0.1) is 0 Å². The molecule has 1 aliphatic carbocycles. The number of allylic oxidation sites excluding steroid dienone is 1. The Morgan fingerprint density at radius 3 is 2.47 bits per heavy atom. The summed E-state index contributed by atoms with van der Waals surface area (Å²) in [6, 6.07) is 0. The molecule has 1 saturated carbocycles. The van der Waals surface area contributed by atoms with Crippen LogP contribution in [0.3, 0.4) is 0 Å². The van der Waals surface area contributed by atoms with E-state index in [0.29, 0.717) is 11.1 Å². The number of nitrogens with zero attached hydrogens (tertiary/aromatic N) is 1. The van der Waals surface area contributed by atoms with E-state index in [9.17, 15) is 0 Å². The first-order valence-electron chi connectivity index (χ1n) is 7.07. The Kier molecular flexibility index (Phi) is 3.65. The van der Waals surface area contributed by atoms with Gasteiger partial charge in [0, 0.05) is 30.7 Å². The van der Waals surface area contributed by atoms with Crippen LogP contribution in [0.4, 0.5) is 0 Å². The molecule has 17 heavy (non-hydrogen) atoms. The minimum Gasteiger partial charge on any atom is -0.308 e. The van der Waals surface area contributed by atoms with Crippen molar-refractivity contribution < 1.29 is 0 Å². The predicted octanol–water partition coefficient (Wildman–Crippen LogP) is 2.95. The van der Waals surface area contributed by atoms with E-state index in [0.717, 1.165) is 13.1 Å². The van der Waals surface area contributed by atoms with Gasteiger partial charge >= 0.3 is 0 Å². The lowest BCUT2D eigenvalue weighted by atomic mass is 9.87. The summed E-state index contributed by atoms with van der Waals surface area (Å²) in [5.74, 6) is 0. The molecule has 0 aromatic carbocycles. The maximum absolute atomic E-state index is 3.84. The topological polar surface area (TPSA) is 15.3 Å². The summed E-state index contributed by atoms with van der Waals surface area (Å²) in [6.07, 6.45) is 7.92. The summed E-state index contributed by atoms with van der Waals surface area (Å²) >= 11 is 0. The SMILES string of the molecule is CC(C)=CCN1CC2(CCCC2)NCC1(C)C. The Balaban J connectivity index is 2.06. The second kappa shape index (κ2) is 4.74. The third-order valence-corrected chi connectivity index (χ3v) is 4.53. The monoisotopic (exact) mass is 236 g/mol. The van der Waals surface area contributed by atoms with Crippen molar-refractivity contribution in [2.75, 3.05) is 19.6 Å². The fraction of sp³-hybridized carbons (Fsp3) is 0.867. The zero-order valence-corrected chi connectivity index (χ0v) is 12.0. The van der Waals surface area contributed by atoms with E-state index in [1.807, 2.05) is 0 Å². The zero-order chi connectivity index (χ0) is 12.5. The molecule has 1 heterocycles. The lowest BCUT2D eigenvalue weighted by molar-refractivity contribution is 0.0382. The highest BCUT2D eigenvalue weighted by Gasteiger charge is 2.43. The molecule has 2 rings (SSSR count). The Hall–Kier alpha value is -0.340. The molecule has 0 amide bonds. The van der Waals surface area contributed by atoms with Crippen molar-refractivity contribution in [1.82, 2.24) is 10.2 Å².